The van der Waals surface area contributed by atoms with Crippen LogP contribution in [0.5, 0.6) is 0 Å². The first-order valence-electron chi connectivity index (χ1n) is 12.4. The fraction of sp³-hybridized carbons (Fsp3) is 0.233. The molecular formula is C30H30FN3O5. The van der Waals surface area contributed by atoms with E-state index in [4.69, 9.17) is 10.8 Å². The highest BCUT2D eigenvalue weighted by atomic mass is 19.1. The van der Waals surface area contributed by atoms with E-state index in [1.807, 2.05) is 6.07 Å². The zero-order valence-electron chi connectivity index (χ0n) is 21.2. The number of aryl methyl sites for hydroxylation is 1. The maximum atomic E-state index is 13.2. The number of rotatable bonds is 11. The van der Waals surface area contributed by atoms with Crippen LogP contribution < -0.4 is 16.4 Å². The molecule has 3 aromatic rings. The third kappa shape index (κ3) is 9.47. The Morgan fingerprint density at radius 3 is 2.15 bits per heavy atom. The SMILES string of the molecule is N[C@@H](O)[C@H](NC(=O)c1ccc(C#Cc2ccc(NC(=O)CCCCc3cccc(F)c3)cc2)cc1)C(=O)CO. The minimum atomic E-state index is -1.64. The first-order valence-corrected chi connectivity index (χ1v) is 12.4. The molecule has 0 bridgehead atoms. The number of Topliss-reactive ketones (excluding diaryl/α,β-unsaturated/α-hetero) is 1. The van der Waals surface area contributed by atoms with Gasteiger partial charge >= 0.3 is 0 Å². The second-order valence-corrected chi connectivity index (χ2v) is 8.86. The number of nitrogens with two attached hydrogens (primary N) is 1. The van der Waals surface area contributed by atoms with Crippen molar-refractivity contribution >= 4 is 23.3 Å². The van der Waals surface area contributed by atoms with Crippen molar-refractivity contribution in [2.24, 2.45) is 5.73 Å². The second-order valence-electron chi connectivity index (χ2n) is 8.86. The second kappa shape index (κ2) is 14.5. The molecule has 0 aliphatic carbocycles. The number of hydrogen-bond donors (Lipinski definition) is 5. The number of aliphatic hydroxyl groups is 2. The lowest BCUT2D eigenvalue weighted by Gasteiger charge is -2.19. The van der Waals surface area contributed by atoms with Gasteiger partial charge in [0.05, 0.1) is 0 Å². The molecule has 3 rings (SSSR count). The molecule has 0 fully saturated rings. The Bertz CT molecular complexity index is 1350. The van der Waals surface area contributed by atoms with Gasteiger partial charge in [0.2, 0.25) is 5.91 Å². The molecule has 202 valence electrons. The first-order chi connectivity index (χ1) is 18.7. The van der Waals surface area contributed by atoms with E-state index in [1.165, 1.54) is 24.3 Å². The zero-order valence-corrected chi connectivity index (χ0v) is 21.2. The van der Waals surface area contributed by atoms with E-state index in [1.54, 1.807) is 42.5 Å². The van der Waals surface area contributed by atoms with Crippen molar-refractivity contribution in [2.75, 3.05) is 11.9 Å². The van der Waals surface area contributed by atoms with E-state index < -0.39 is 30.6 Å². The molecule has 2 amide bonds. The molecule has 0 radical (unpaired) electrons. The van der Waals surface area contributed by atoms with E-state index >= 15 is 0 Å². The number of amides is 2. The van der Waals surface area contributed by atoms with Gasteiger partial charge in [-0.3, -0.25) is 14.4 Å². The molecule has 0 saturated heterocycles. The molecule has 0 aliphatic heterocycles. The summed E-state index contributed by atoms with van der Waals surface area (Å²) in [7, 11) is 0. The summed E-state index contributed by atoms with van der Waals surface area (Å²) in [6, 6.07) is 18.4. The van der Waals surface area contributed by atoms with Gasteiger partial charge in [0.25, 0.3) is 5.91 Å². The summed E-state index contributed by atoms with van der Waals surface area (Å²) < 4.78 is 13.2. The number of hydrogen-bond acceptors (Lipinski definition) is 6. The Kier molecular flexibility index (Phi) is 10.9. The minimum Gasteiger partial charge on any atom is -0.388 e. The number of halogens is 1. The van der Waals surface area contributed by atoms with Crippen LogP contribution in [-0.2, 0) is 16.0 Å². The van der Waals surface area contributed by atoms with Crippen molar-refractivity contribution in [1.29, 1.82) is 0 Å². The van der Waals surface area contributed by atoms with Crippen LogP contribution in [0.15, 0.2) is 72.8 Å². The van der Waals surface area contributed by atoms with Crippen LogP contribution in [0, 0.1) is 17.7 Å². The maximum Gasteiger partial charge on any atom is 0.251 e. The molecule has 0 spiro atoms. The summed E-state index contributed by atoms with van der Waals surface area (Å²) in [5.41, 5.74) is 8.48. The van der Waals surface area contributed by atoms with Gasteiger partial charge in [-0.05, 0) is 85.5 Å². The lowest BCUT2D eigenvalue weighted by molar-refractivity contribution is -0.126. The van der Waals surface area contributed by atoms with Gasteiger partial charge in [0.15, 0.2) is 5.78 Å². The van der Waals surface area contributed by atoms with Crippen molar-refractivity contribution in [3.8, 4) is 11.8 Å². The fourth-order valence-corrected chi connectivity index (χ4v) is 3.70. The van der Waals surface area contributed by atoms with E-state index in [9.17, 15) is 23.9 Å². The van der Waals surface area contributed by atoms with Gasteiger partial charge in [0, 0.05) is 28.8 Å². The summed E-state index contributed by atoms with van der Waals surface area (Å²) in [5, 5.41) is 23.6. The van der Waals surface area contributed by atoms with Gasteiger partial charge in [-0.25, -0.2) is 4.39 Å². The molecule has 2 atom stereocenters. The Morgan fingerprint density at radius 1 is 0.923 bits per heavy atom. The molecule has 0 aromatic heterocycles. The van der Waals surface area contributed by atoms with Gasteiger partial charge in [0.1, 0.15) is 24.7 Å². The van der Waals surface area contributed by atoms with Crippen molar-refractivity contribution in [2.45, 2.75) is 38.0 Å². The highest BCUT2D eigenvalue weighted by Crippen LogP contribution is 2.12. The Balaban J connectivity index is 1.47. The summed E-state index contributed by atoms with van der Waals surface area (Å²) >= 11 is 0. The van der Waals surface area contributed by atoms with Crippen LogP contribution >= 0.6 is 0 Å². The lowest BCUT2D eigenvalue weighted by Crippen LogP contribution is -2.53. The number of benzene rings is 3. The summed E-state index contributed by atoms with van der Waals surface area (Å²) in [5.74, 6) is 4.22. The predicted octanol–water partition coefficient (Wildman–Crippen LogP) is 2.51. The van der Waals surface area contributed by atoms with Gasteiger partial charge < -0.3 is 26.6 Å². The molecule has 0 saturated carbocycles. The van der Waals surface area contributed by atoms with Crippen LogP contribution in [0.4, 0.5) is 10.1 Å². The maximum absolute atomic E-state index is 13.2. The molecular weight excluding hydrogens is 501 g/mol. The third-order valence-electron chi connectivity index (χ3n) is 5.81. The zero-order chi connectivity index (χ0) is 28.2. The number of nitrogens with one attached hydrogen (secondary N) is 2. The van der Waals surface area contributed by atoms with Crippen molar-refractivity contribution < 1.29 is 29.0 Å². The topological polar surface area (TPSA) is 142 Å². The minimum absolute atomic E-state index is 0.0924. The summed E-state index contributed by atoms with van der Waals surface area (Å²) in [4.78, 5) is 36.2. The van der Waals surface area contributed by atoms with Crippen LogP contribution in [0.2, 0.25) is 0 Å². The third-order valence-corrected chi connectivity index (χ3v) is 5.81. The van der Waals surface area contributed by atoms with Gasteiger partial charge in [-0.1, -0.05) is 24.0 Å². The van der Waals surface area contributed by atoms with Crippen LogP contribution in [0.3, 0.4) is 0 Å². The van der Waals surface area contributed by atoms with Crippen molar-refractivity contribution in [1.82, 2.24) is 5.32 Å². The number of anilines is 1. The molecule has 39 heavy (non-hydrogen) atoms. The van der Waals surface area contributed by atoms with E-state index in [0.29, 0.717) is 24.1 Å². The fourth-order valence-electron chi connectivity index (χ4n) is 3.70. The standard InChI is InChI=1S/C30H30FN3O5/c31-24-6-3-5-22(18-24)4-1-2-7-27(37)33-25-16-12-21(13-17-25)9-8-20-10-14-23(15-11-20)30(39)34-28(29(32)38)26(36)19-35/h3,5-6,10-18,28-29,35,38H,1-2,4,7,19,32H2,(H,33,37)(H,34,39)/t28-,29+/m1/s1. The molecule has 6 N–H and O–H groups in total. The van der Waals surface area contributed by atoms with Crippen molar-refractivity contribution in [3.05, 3.63) is 101 Å². The number of unbranched alkanes of at least 4 members (excludes halogenated alkanes) is 1. The van der Waals surface area contributed by atoms with Crippen LogP contribution in [0.25, 0.3) is 0 Å². The molecule has 0 heterocycles. The van der Waals surface area contributed by atoms with E-state index in [2.05, 4.69) is 22.5 Å². The lowest BCUT2D eigenvalue weighted by atomic mass is 10.1. The number of carbonyl (C=O) groups is 3. The molecule has 9 heteroatoms. The molecule has 8 nitrogen and oxygen atoms in total. The highest BCUT2D eigenvalue weighted by Gasteiger charge is 2.25. The van der Waals surface area contributed by atoms with E-state index in [-0.39, 0.29) is 17.3 Å². The average molecular weight is 532 g/mol. The van der Waals surface area contributed by atoms with E-state index in [0.717, 1.165) is 24.0 Å². The number of carbonyl (C=O) groups excluding carboxylic acids is 3. The Morgan fingerprint density at radius 2 is 1.56 bits per heavy atom. The quantitative estimate of drug-likeness (QED) is 0.146. The Labute approximate surface area is 226 Å². The van der Waals surface area contributed by atoms with Crippen LogP contribution in [-0.4, -0.2) is 46.7 Å². The number of ketones is 1. The monoisotopic (exact) mass is 531 g/mol. The predicted molar refractivity (Wildman–Crippen MR) is 145 cm³/mol. The Hall–Kier alpha value is -4.36. The molecule has 0 aliphatic rings. The largest absolute Gasteiger partial charge is 0.388 e. The van der Waals surface area contributed by atoms with Gasteiger partial charge in [-0.2, -0.15) is 0 Å². The van der Waals surface area contributed by atoms with Gasteiger partial charge in [-0.15, -0.1) is 0 Å². The van der Waals surface area contributed by atoms with Crippen molar-refractivity contribution in [3.63, 3.8) is 0 Å². The first kappa shape index (κ1) is 29.2. The summed E-state index contributed by atoms with van der Waals surface area (Å²) in [6.07, 6.45) is 0.937. The van der Waals surface area contributed by atoms with Crippen LogP contribution in [0.1, 0.15) is 46.3 Å². The highest BCUT2D eigenvalue weighted by molar-refractivity contribution is 5.98. The number of aliphatic hydroxyl groups excluding tert-OH is 2. The molecule has 0 unspecified atom stereocenters. The average Bonchev–Trinajstić information content (AvgIpc) is 2.93. The summed E-state index contributed by atoms with van der Waals surface area (Å²) in [6.45, 7) is -0.861. The normalized spacial score (nSPS) is 12.0. The molecule has 3 aromatic carbocycles. The smallest absolute Gasteiger partial charge is 0.251 e.